The summed E-state index contributed by atoms with van der Waals surface area (Å²) >= 11 is 3.34. The van der Waals surface area contributed by atoms with Crippen LogP contribution in [0.4, 0.5) is 5.69 Å². The van der Waals surface area contributed by atoms with Crippen LogP contribution >= 0.6 is 15.9 Å². The number of carbonyl (C=O) groups is 2. The lowest BCUT2D eigenvalue weighted by atomic mass is 9.87. The molecular weight excluding hydrogens is 386 g/mol. The van der Waals surface area contributed by atoms with Crippen molar-refractivity contribution in [3.05, 3.63) is 51.4 Å². The number of anilines is 1. The summed E-state index contributed by atoms with van der Waals surface area (Å²) in [6.45, 7) is 3.45. The fourth-order valence-electron chi connectivity index (χ4n) is 3.25. The zero-order chi connectivity index (χ0) is 18.4. The van der Waals surface area contributed by atoms with Gasteiger partial charge in [0.1, 0.15) is 5.76 Å². The molecule has 0 aliphatic carbocycles. The third kappa shape index (κ3) is 2.70. The highest BCUT2D eigenvalue weighted by Crippen LogP contribution is 2.44. The van der Waals surface area contributed by atoms with Crippen molar-refractivity contribution in [2.24, 2.45) is 0 Å². The van der Waals surface area contributed by atoms with Crippen LogP contribution in [0.1, 0.15) is 33.7 Å². The maximum absolute atomic E-state index is 12.8. The summed E-state index contributed by atoms with van der Waals surface area (Å²) in [5.41, 5.74) is -0.000507. The number of hydrogen-bond donors (Lipinski definition) is 1. The first-order valence-corrected chi connectivity index (χ1v) is 8.44. The third-order valence-corrected chi connectivity index (χ3v) is 4.89. The topological polar surface area (TPSA) is 70.8 Å². The molecule has 2 aromatic rings. The molecule has 1 amide bonds. The Balaban J connectivity index is 2.06. The number of halogens is 1. The molecule has 1 N–H and O–H groups in total. The SMILES string of the molecule is C#CCN1C(=O)C(O)(CC(=O)c2c(C)coc2C)c2cc(Br)ccc21. The number of nitrogens with zero attached hydrogens (tertiary/aromatic N) is 1. The fourth-order valence-corrected chi connectivity index (χ4v) is 3.61. The summed E-state index contributed by atoms with van der Waals surface area (Å²) in [6.07, 6.45) is 6.46. The highest BCUT2D eigenvalue weighted by molar-refractivity contribution is 9.10. The van der Waals surface area contributed by atoms with Crippen LogP contribution in [0.15, 0.2) is 33.4 Å². The van der Waals surface area contributed by atoms with Crippen LogP contribution in [0.5, 0.6) is 0 Å². The molecule has 128 valence electrons. The number of furan rings is 1. The normalized spacial score (nSPS) is 19.0. The van der Waals surface area contributed by atoms with E-state index in [4.69, 9.17) is 10.8 Å². The van der Waals surface area contributed by atoms with Crippen LogP contribution in [-0.2, 0) is 10.4 Å². The van der Waals surface area contributed by atoms with Crippen molar-refractivity contribution in [1.29, 1.82) is 0 Å². The van der Waals surface area contributed by atoms with Gasteiger partial charge in [0.2, 0.25) is 0 Å². The molecule has 1 unspecified atom stereocenters. The number of Topliss-reactive ketones (excluding diaryl/α,β-unsaturated/α-hetero) is 1. The Kier molecular flexibility index (Phi) is 4.31. The lowest BCUT2D eigenvalue weighted by Crippen LogP contribution is -2.42. The molecular formula is C19H16BrNO4. The maximum atomic E-state index is 12.8. The van der Waals surface area contributed by atoms with Gasteiger partial charge in [0.05, 0.1) is 30.5 Å². The molecule has 6 heteroatoms. The molecule has 0 radical (unpaired) electrons. The molecule has 2 heterocycles. The molecule has 1 aliphatic heterocycles. The van der Waals surface area contributed by atoms with Gasteiger partial charge < -0.3 is 9.52 Å². The molecule has 1 aromatic carbocycles. The van der Waals surface area contributed by atoms with Gasteiger partial charge in [-0.3, -0.25) is 14.5 Å². The zero-order valence-electron chi connectivity index (χ0n) is 13.8. The van der Waals surface area contributed by atoms with Crippen LogP contribution in [0, 0.1) is 26.2 Å². The van der Waals surface area contributed by atoms with E-state index in [1.807, 2.05) is 0 Å². The molecule has 0 bridgehead atoms. The molecule has 1 atom stereocenters. The first-order chi connectivity index (χ1) is 11.8. The summed E-state index contributed by atoms with van der Waals surface area (Å²) in [4.78, 5) is 26.9. The van der Waals surface area contributed by atoms with Gasteiger partial charge >= 0.3 is 0 Å². The third-order valence-electron chi connectivity index (χ3n) is 4.40. The van der Waals surface area contributed by atoms with Crippen molar-refractivity contribution >= 4 is 33.3 Å². The van der Waals surface area contributed by atoms with E-state index in [1.165, 1.54) is 11.2 Å². The number of rotatable bonds is 4. The van der Waals surface area contributed by atoms with Crippen molar-refractivity contribution in [2.75, 3.05) is 11.4 Å². The average Bonchev–Trinajstić information content (AvgIpc) is 2.99. The second-order valence-corrected chi connectivity index (χ2v) is 6.98. The zero-order valence-corrected chi connectivity index (χ0v) is 15.4. The summed E-state index contributed by atoms with van der Waals surface area (Å²) in [5, 5.41) is 11.2. The second kappa shape index (κ2) is 6.17. The average molecular weight is 402 g/mol. The first-order valence-electron chi connectivity index (χ1n) is 7.65. The summed E-state index contributed by atoms with van der Waals surface area (Å²) in [6, 6.07) is 5.10. The van der Waals surface area contributed by atoms with Gasteiger partial charge in [-0.2, -0.15) is 0 Å². The van der Waals surface area contributed by atoms with Gasteiger partial charge in [-0.05, 0) is 37.6 Å². The predicted molar refractivity (Wildman–Crippen MR) is 96.4 cm³/mol. The van der Waals surface area contributed by atoms with Crippen molar-refractivity contribution in [3.8, 4) is 12.3 Å². The van der Waals surface area contributed by atoms with E-state index >= 15 is 0 Å². The minimum atomic E-state index is -1.96. The maximum Gasteiger partial charge on any atom is 0.265 e. The number of hydrogen-bond acceptors (Lipinski definition) is 4. The minimum absolute atomic E-state index is 0.0216. The van der Waals surface area contributed by atoms with Crippen molar-refractivity contribution < 1.29 is 19.1 Å². The van der Waals surface area contributed by atoms with E-state index < -0.39 is 11.5 Å². The Bertz CT molecular complexity index is 904. The standard InChI is InChI=1S/C19H16BrNO4/c1-4-7-21-15-6-5-13(20)8-14(15)19(24,18(21)23)9-16(22)17-11(2)10-25-12(17)3/h1,5-6,8,10,24H,7,9H2,2-3H3. The lowest BCUT2D eigenvalue weighted by molar-refractivity contribution is -0.135. The highest BCUT2D eigenvalue weighted by atomic mass is 79.9. The molecule has 0 spiro atoms. The van der Waals surface area contributed by atoms with Crippen LogP contribution in [-0.4, -0.2) is 23.3 Å². The predicted octanol–water partition coefficient (Wildman–Crippen LogP) is 3.10. The molecule has 3 rings (SSSR count). The van der Waals surface area contributed by atoms with Crippen LogP contribution in [0.3, 0.4) is 0 Å². The largest absolute Gasteiger partial charge is 0.469 e. The summed E-state index contributed by atoms with van der Waals surface area (Å²) in [5.74, 6) is 1.93. The van der Waals surface area contributed by atoms with E-state index in [9.17, 15) is 14.7 Å². The van der Waals surface area contributed by atoms with Gasteiger partial charge in [0.25, 0.3) is 5.91 Å². The van der Waals surface area contributed by atoms with Gasteiger partial charge in [0, 0.05) is 10.0 Å². The van der Waals surface area contributed by atoms with Crippen molar-refractivity contribution in [2.45, 2.75) is 25.9 Å². The number of aryl methyl sites for hydroxylation is 2. The second-order valence-electron chi connectivity index (χ2n) is 6.07. The fraction of sp³-hybridized carbons (Fsp3) is 0.263. The number of terminal acetylenes is 1. The van der Waals surface area contributed by atoms with Crippen molar-refractivity contribution in [3.63, 3.8) is 0 Å². The molecule has 25 heavy (non-hydrogen) atoms. The number of carbonyl (C=O) groups excluding carboxylic acids is 2. The Labute approximate surface area is 153 Å². The van der Waals surface area contributed by atoms with E-state index in [0.717, 1.165) is 0 Å². The quantitative estimate of drug-likeness (QED) is 0.630. The van der Waals surface area contributed by atoms with Gasteiger partial charge in [-0.1, -0.05) is 21.9 Å². The Hall–Kier alpha value is -2.36. The summed E-state index contributed by atoms with van der Waals surface area (Å²) in [7, 11) is 0. The van der Waals surface area contributed by atoms with Gasteiger partial charge in [-0.15, -0.1) is 6.42 Å². The summed E-state index contributed by atoms with van der Waals surface area (Å²) < 4.78 is 5.95. The van der Waals surface area contributed by atoms with Crippen LogP contribution < -0.4 is 4.90 Å². The first kappa shape index (κ1) is 17.5. The Morgan fingerprint density at radius 1 is 1.44 bits per heavy atom. The molecule has 5 nitrogen and oxygen atoms in total. The molecule has 0 fully saturated rings. The van der Waals surface area contributed by atoms with Crippen LogP contribution in [0.2, 0.25) is 0 Å². The van der Waals surface area contributed by atoms with Crippen molar-refractivity contribution in [1.82, 2.24) is 0 Å². The van der Waals surface area contributed by atoms with E-state index in [2.05, 4.69) is 21.9 Å². The molecule has 1 aliphatic rings. The number of aliphatic hydroxyl groups is 1. The lowest BCUT2D eigenvalue weighted by Gasteiger charge is -2.22. The molecule has 0 saturated carbocycles. The number of ketones is 1. The van der Waals surface area contributed by atoms with Gasteiger partial charge in [-0.25, -0.2) is 0 Å². The molecule has 0 saturated heterocycles. The minimum Gasteiger partial charge on any atom is -0.469 e. The van der Waals surface area contributed by atoms with E-state index in [1.54, 1.807) is 32.0 Å². The van der Waals surface area contributed by atoms with E-state index in [-0.39, 0.29) is 18.7 Å². The number of amides is 1. The van der Waals surface area contributed by atoms with E-state index in [0.29, 0.717) is 32.6 Å². The highest BCUT2D eigenvalue weighted by Gasteiger charge is 2.51. The van der Waals surface area contributed by atoms with Gasteiger partial charge in [0.15, 0.2) is 11.4 Å². The Morgan fingerprint density at radius 3 is 2.76 bits per heavy atom. The molecule has 1 aromatic heterocycles. The Morgan fingerprint density at radius 2 is 2.16 bits per heavy atom. The van der Waals surface area contributed by atoms with Crippen LogP contribution in [0.25, 0.3) is 0 Å². The number of benzene rings is 1. The monoisotopic (exact) mass is 401 g/mol. The number of fused-ring (bicyclic) bond motifs is 1. The smallest absolute Gasteiger partial charge is 0.265 e.